The smallest absolute Gasteiger partial charge is 0.161 e. The Labute approximate surface area is 96.0 Å². The number of aryl methyl sites for hydroxylation is 2. The van der Waals surface area contributed by atoms with E-state index in [1.165, 1.54) is 6.07 Å². The Kier molecular flexibility index (Phi) is 2.95. The van der Waals surface area contributed by atoms with Crippen LogP contribution in [0.25, 0.3) is 0 Å². The molecule has 0 spiro atoms. The first-order valence-electron chi connectivity index (χ1n) is 4.87. The number of hydrogen-bond donors (Lipinski definition) is 0. The van der Waals surface area contributed by atoms with Crippen LogP contribution in [0.15, 0.2) is 33.0 Å². The molecule has 1 heterocycles. The van der Waals surface area contributed by atoms with Crippen molar-refractivity contribution in [3.63, 3.8) is 0 Å². The van der Waals surface area contributed by atoms with Crippen molar-refractivity contribution in [2.45, 2.75) is 13.8 Å². The van der Waals surface area contributed by atoms with Crippen molar-refractivity contribution in [2.24, 2.45) is 10.2 Å². The molecule has 0 unspecified atom stereocenters. The van der Waals surface area contributed by atoms with E-state index >= 15 is 0 Å². The zero-order chi connectivity index (χ0) is 12.4. The summed E-state index contributed by atoms with van der Waals surface area (Å²) in [7, 11) is 0. The first kappa shape index (κ1) is 11.4. The van der Waals surface area contributed by atoms with Gasteiger partial charge in [-0.2, -0.15) is 0 Å². The number of nitrogens with zero attached hydrogens (tertiary/aromatic N) is 3. The van der Waals surface area contributed by atoms with Crippen molar-refractivity contribution in [3.05, 3.63) is 41.3 Å². The molecule has 0 saturated heterocycles. The van der Waals surface area contributed by atoms with Crippen LogP contribution in [0.3, 0.4) is 0 Å². The molecule has 1 aromatic carbocycles. The lowest BCUT2D eigenvalue weighted by Gasteiger charge is -1.95. The monoisotopic (exact) mass is 237 g/mol. The molecular formula is C11H9F2N3O. The minimum Gasteiger partial charge on any atom is -0.359 e. The summed E-state index contributed by atoms with van der Waals surface area (Å²) >= 11 is 0. The molecule has 0 aliphatic carbocycles. The highest BCUT2D eigenvalue weighted by molar-refractivity contribution is 5.45. The summed E-state index contributed by atoms with van der Waals surface area (Å²) in [4.78, 5) is 0. The molecule has 88 valence electrons. The lowest BCUT2D eigenvalue weighted by Crippen LogP contribution is -1.78. The summed E-state index contributed by atoms with van der Waals surface area (Å²) in [5.41, 5.74) is 0.980. The number of rotatable bonds is 2. The largest absolute Gasteiger partial charge is 0.359 e. The maximum absolute atomic E-state index is 13.2. The third-order valence-electron chi connectivity index (χ3n) is 2.16. The molecule has 0 atom stereocenters. The number of halogens is 2. The van der Waals surface area contributed by atoms with Crippen LogP contribution in [0, 0.1) is 25.5 Å². The lowest BCUT2D eigenvalue weighted by molar-refractivity contribution is 0.393. The molecule has 0 aliphatic rings. The van der Waals surface area contributed by atoms with Crippen molar-refractivity contribution in [2.75, 3.05) is 0 Å². The molecule has 1 aromatic heterocycles. The fraction of sp³-hybridized carbons (Fsp3) is 0.182. The van der Waals surface area contributed by atoms with Gasteiger partial charge in [0.2, 0.25) is 0 Å². The van der Waals surface area contributed by atoms with E-state index in [-0.39, 0.29) is 5.69 Å². The standard InChI is InChI=1S/C11H9F2N3O/c1-6-11(7(2)17-16-6)15-14-10-4-3-8(12)5-9(10)13/h3-5H,1-2H3. The number of hydrogen-bond acceptors (Lipinski definition) is 4. The van der Waals surface area contributed by atoms with Crippen molar-refractivity contribution < 1.29 is 13.3 Å². The Hall–Kier alpha value is -2.11. The molecule has 6 heteroatoms. The molecular weight excluding hydrogens is 228 g/mol. The van der Waals surface area contributed by atoms with E-state index in [1.807, 2.05) is 0 Å². The van der Waals surface area contributed by atoms with Gasteiger partial charge >= 0.3 is 0 Å². The molecule has 0 aliphatic heterocycles. The lowest BCUT2D eigenvalue weighted by atomic mass is 10.3. The number of benzene rings is 1. The molecule has 0 N–H and O–H groups in total. The fourth-order valence-corrected chi connectivity index (χ4v) is 1.29. The second-order valence-corrected chi connectivity index (χ2v) is 3.47. The van der Waals surface area contributed by atoms with Crippen LogP contribution in [0.2, 0.25) is 0 Å². The average Bonchev–Trinajstić information content (AvgIpc) is 2.58. The molecule has 4 nitrogen and oxygen atoms in total. The second-order valence-electron chi connectivity index (χ2n) is 3.47. The first-order chi connectivity index (χ1) is 8.08. The van der Waals surface area contributed by atoms with Gasteiger partial charge in [-0.05, 0) is 26.0 Å². The van der Waals surface area contributed by atoms with Crippen LogP contribution >= 0.6 is 0 Å². The van der Waals surface area contributed by atoms with Gasteiger partial charge in [0.05, 0.1) is 0 Å². The molecule has 2 rings (SSSR count). The zero-order valence-corrected chi connectivity index (χ0v) is 9.24. The third kappa shape index (κ3) is 2.35. The van der Waals surface area contributed by atoms with E-state index < -0.39 is 11.6 Å². The highest BCUT2D eigenvalue weighted by Crippen LogP contribution is 2.26. The summed E-state index contributed by atoms with van der Waals surface area (Å²) in [5, 5.41) is 11.2. The Morgan fingerprint density at radius 1 is 1.18 bits per heavy atom. The van der Waals surface area contributed by atoms with Crippen LogP contribution < -0.4 is 0 Å². The Balaban J connectivity index is 2.32. The average molecular weight is 237 g/mol. The van der Waals surface area contributed by atoms with Gasteiger partial charge in [-0.25, -0.2) is 8.78 Å². The second kappa shape index (κ2) is 4.40. The van der Waals surface area contributed by atoms with Crippen LogP contribution in [0.4, 0.5) is 20.2 Å². The minimum atomic E-state index is -0.763. The van der Waals surface area contributed by atoms with Crippen LogP contribution in [-0.4, -0.2) is 5.16 Å². The summed E-state index contributed by atoms with van der Waals surface area (Å²) in [6.07, 6.45) is 0. The van der Waals surface area contributed by atoms with E-state index in [4.69, 9.17) is 4.52 Å². The van der Waals surface area contributed by atoms with E-state index in [9.17, 15) is 8.78 Å². The van der Waals surface area contributed by atoms with Crippen molar-refractivity contribution in [3.8, 4) is 0 Å². The van der Waals surface area contributed by atoms with E-state index in [1.54, 1.807) is 13.8 Å². The fourth-order valence-electron chi connectivity index (χ4n) is 1.29. The van der Waals surface area contributed by atoms with Gasteiger partial charge in [0, 0.05) is 6.07 Å². The Morgan fingerprint density at radius 2 is 1.94 bits per heavy atom. The van der Waals surface area contributed by atoms with Crippen LogP contribution in [0.5, 0.6) is 0 Å². The first-order valence-corrected chi connectivity index (χ1v) is 4.87. The molecule has 2 aromatic rings. The third-order valence-corrected chi connectivity index (χ3v) is 2.16. The van der Waals surface area contributed by atoms with Gasteiger partial charge in [0.25, 0.3) is 0 Å². The predicted octanol–water partition coefficient (Wildman–Crippen LogP) is 3.99. The normalized spacial score (nSPS) is 11.3. The number of aromatic nitrogens is 1. The zero-order valence-electron chi connectivity index (χ0n) is 9.24. The van der Waals surface area contributed by atoms with Gasteiger partial charge in [0.1, 0.15) is 17.2 Å². The summed E-state index contributed by atoms with van der Waals surface area (Å²) in [6, 6.07) is 3.08. The quantitative estimate of drug-likeness (QED) is 0.741. The maximum Gasteiger partial charge on any atom is 0.161 e. The molecule has 0 radical (unpaired) electrons. The SMILES string of the molecule is Cc1noc(C)c1N=Nc1ccc(F)cc1F. The minimum absolute atomic E-state index is 0.0357. The highest BCUT2D eigenvalue weighted by Gasteiger charge is 2.08. The van der Waals surface area contributed by atoms with Crippen molar-refractivity contribution >= 4 is 11.4 Å². The summed E-state index contributed by atoms with van der Waals surface area (Å²) in [6.45, 7) is 3.38. The molecule has 0 bridgehead atoms. The predicted molar refractivity (Wildman–Crippen MR) is 56.5 cm³/mol. The van der Waals surface area contributed by atoms with E-state index in [2.05, 4.69) is 15.4 Å². The van der Waals surface area contributed by atoms with Crippen LogP contribution in [0.1, 0.15) is 11.5 Å². The molecule has 0 fully saturated rings. The summed E-state index contributed by atoms with van der Waals surface area (Å²) < 4.78 is 30.8. The molecule has 0 amide bonds. The van der Waals surface area contributed by atoms with Gasteiger partial charge < -0.3 is 4.52 Å². The Morgan fingerprint density at radius 3 is 2.53 bits per heavy atom. The summed E-state index contributed by atoms with van der Waals surface area (Å²) in [5.74, 6) is -0.923. The highest BCUT2D eigenvalue weighted by atomic mass is 19.1. The van der Waals surface area contributed by atoms with Crippen LogP contribution in [-0.2, 0) is 0 Å². The van der Waals surface area contributed by atoms with Crippen molar-refractivity contribution in [1.29, 1.82) is 0 Å². The molecule has 17 heavy (non-hydrogen) atoms. The van der Waals surface area contributed by atoms with E-state index in [0.29, 0.717) is 17.1 Å². The maximum atomic E-state index is 13.2. The van der Waals surface area contributed by atoms with Crippen molar-refractivity contribution in [1.82, 2.24) is 5.16 Å². The van der Waals surface area contributed by atoms with Gasteiger partial charge in [-0.1, -0.05) is 5.16 Å². The molecule has 0 saturated carbocycles. The van der Waals surface area contributed by atoms with E-state index in [0.717, 1.165) is 12.1 Å². The van der Waals surface area contributed by atoms with Gasteiger partial charge in [-0.3, -0.25) is 0 Å². The topological polar surface area (TPSA) is 50.8 Å². The Bertz CT molecular complexity index is 559. The van der Waals surface area contributed by atoms with Gasteiger partial charge in [0.15, 0.2) is 17.3 Å². The number of azo groups is 1. The van der Waals surface area contributed by atoms with Gasteiger partial charge in [-0.15, -0.1) is 10.2 Å².